The fourth-order valence-electron chi connectivity index (χ4n) is 1.48. The number of phenolic OH excluding ortho intramolecular Hbond substituents is 1. The minimum Gasteiger partial charge on any atom is -0.508 e. The van der Waals surface area contributed by atoms with Gasteiger partial charge >= 0.3 is 5.97 Å². The molecule has 0 radical (unpaired) electrons. The maximum atomic E-state index is 11.3. The summed E-state index contributed by atoms with van der Waals surface area (Å²) in [4.78, 5) is 11.3. The third kappa shape index (κ3) is 3.27. The van der Waals surface area contributed by atoms with Gasteiger partial charge in [-0.15, -0.1) is 0 Å². The number of ether oxygens (including phenoxy) is 1. The van der Waals surface area contributed by atoms with Gasteiger partial charge in [-0.2, -0.15) is 0 Å². The SMILES string of the molecule is CCC(Cc1ccc(O)cc1)C(=O)OC. The lowest BCUT2D eigenvalue weighted by molar-refractivity contribution is -0.145. The van der Waals surface area contributed by atoms with Gasteiger partial charge < -0.3 is 9.84 Å². The van der Waals surface area contributed by atoms with Crippen molar-refractivity contribution in [2.75, 3.05) is 7.11 Å². The molecule has 0 spiro atoms. The molecule has 1 aromatic carbocycles. The van der Waals surface area contributed by atoms with Gasteiger partial charge in [-0.3, -0.25) is 4.79 Å². The Bertz CT molecular complexity index is 316. The van der Waals surface area contributed by atoms with Gasteiger partial charge in [-0.05, 0) is 30.5 Å². The highest BCUT2D eigenvalue weighted by molar-refractivity contribution is 5.72. The molecule has 0 fully saturated rings. The molecule has 0 aliphatic heterocycles. The van der Waals surface area contributed by atoms with Crippen LogP contribution in [0.15, 0.2) is 24.3 Å². The second-order valence-corrected chi connectivity index (χ2v) is 3.50. The van der Waals surface area contributed by atoms with E-state index >= 15 is 0 Å². The molecule has 1 N–H and O–H groups in total. The predicted molar refractivity (Wildman–Crippen MR) is 57.6 cm³/mol. The van der Waals surface area contributed by atoms with E-state index in [1.165, 1.54) is 7.11 Å². The molecule has 15 heavy (non-hydrogen) atoms. The van der Waals surface area contributed by atoms with Gasteiger partial charge in [0.2, 0.25) is 0 Å². The molecule has 82 valence electrons. The molecule has 3 nitrogen and oxygen atoms in total. The molecule has 1 atom stereocenters. The highest BCUT2D eigenvalue weighted by Gasteiger charge is 2.17. The molecule has 0 bridgehead atoms. The summed E-state index contributed by atoms with van der Waals surface area (Å²) < 4.78 is 4.71. The molecule has 1 unspecified atom stereocenters. The first-order valence-electron chi connectivity index (χ1n) is 5.03. The van der Waals surface area contributed by atoms with E-state index < -0.39 is 0 Å². The molecule has 1 rings (SSSR count). The maximum absolute atomic E-state index is 11.3. The Kier molecular flexibility index (Phi) is 4.16. The zero-order chi connectivity index (χ0) is 11.3. The van der Waals surface area contributed by atoms with Gasteiger partial charge in [-0.1, -0.05) is 19.1 Å². The average Bonchev–Trinajstić information content (AvgIpc) is 2.27. The first-order valence-corrected chi connectivity index (χ1v) is 5.03. The highest BCUT2D eigenvalue weighted by atomic mass is 16.5. The van der Waals surface area contributed by atoms with Gasteiger partial charge in [0.15, 0.2) is 0 Å². The topological polar surface area (TPSA) is 46.5 Å². The number of rotatable bonds is 4. The van der Waals surface area contributed by atoms with Gasteiger partial charge in [-0.25, -0.2) is 0 Å². The van der Waals surface area contributed by atoms with Crippen molar-refractivity contribution in [3.8, 4) is 5.75 Å². The van der Waals surface area contributed by atoms with Crippen molar-refractivity contribution in [1.82, 2.24) is 0 Å². The zero-order valence-corrected chi connectivity index (χ0v) is 9.06. The van der Waals surface area contributed by atoms with Crippen LogP contribution in [0, 0.1) is 5.92 Å². The van der Waals surface area contributed by atoms with Gasteiger partial charge in [0.05, 0.1) is 13.0 Å². The zero-order valence-electron chi connectivity index (χ0n) is 9.06. The van der Waals surface area contributed by atoms with Gasteiger partial charge in [0.25, 0.3) is 0 Å². The number of benzene rings is 1. The minimum atomic E-state index is -0.175. The maximum Gasteiger partial charge on any atom is 0.308 e. The molecule has 3 heteroatoms. The summed E-state index contributed by atoms with van der Waals surface area (Å²) in [5.41, 5.74) is 1.03. The number of hydrogen-bond acceptors (Lipinski definition) is 3. The fourth-order valence-corrected chi connectivity index (χ4v) is 1.48. The van der Waals surface area contributed by atoms with Crippen LogP contribution in [0.2, 0.25) is 0 Å². The Morgan fingerprint density at radius 1 is 1.40 bits per heavy atom. The highest BCUT2D eigenvalue weighted by Crippen LogP contribution is 2.16. The Balaban J connectivity index is 2.66. The van der Waals surface area contributed by atoms with E-state index in [1.807, 2.05) is 19.1 Å². The standard InChI is InChI=1S/C12H16O3/c1-3-10(12(14)15-2)8-9-4-6-11(13)7-5-9/h4-7,10,13H,3,8H2,1-2H3. The lowest BCUT2D eigenvalue weighted by Gasteiger charge is -2.12. The second kappa shape index (κ2) is 5.39. The average molecular weight is 208 g/mol. The van der Waals surface area contributed by atoms with Crippen molar-refractivity contribution in [2.24, 2.45) is 5.92 Å². The van der Waals surface area contributed by atoms with Crippen LogP contribution in [0.1, 0.15) is 18.9 Å². The molecule has 0 aliphatic rings. The van der Waals surface area contributed by atoms with E-state index in [9.17, 15) is 4.79 Å². The third-order valence-electron chi connectivity index (χ3n) is 2.45. The third-order valence-corrected chi connectivity index (χ3v) is 2.45. The van der Waals surface area contributed by atoms with Gasteiger partial charge in [0, 0.05) is 0 Å². The summed E-state index contributed by atoms with van der Waals surface area (Å²) in [6, 6.07) is 6.89. The Hall–Kier alpha value is -1.51. The van der Waals surface area contributed by atoms with E-state index in [2.05, 4.69) is 0 Å². The van der Waals surface area contributed by atoms with Crippen LogP contribution in [0.5, 0.6) is 5.75 Å². The fraction of sp³-hybridized carbons (Fsp3) is 0.417. The second-order valence-electron chi connectivity index (χ2n) is 3.50. The molecule has 0 amide bonds. The van der Waals surface area contributed by atoms with E-state index in [4.69, 9.17) is 9.84 Å². The number of hydrogen-bond donors (Lipinski definition) is 1. The van der Waals surface area contributed by atoms with E-state index in [-0.39, 0.29) is 17.6 Å². The largest absolute Gasteiger partial charge is 0.508 e. The number of phenols is 1. The molecule has 0 heterocycles. The van der Waals surface area contributed by atoms with Crippen molar-refractivity contribution in [3.05, 3.63) is 29.8 Å². The molecule has 0 saturated carbocycles. The normalized spacial score (nSPS) is 12.1. The van der Waals surface area contributed by atoms with E-state index in [0.29, 0.717) is 6.42 Å². The summed E-state index contributed by atoms with van der Waals surface area (Å²) >= 11 is 0. The summed E-state index contributed by atoms with van der Waals surface area (Å²) in [7, 11) is 1.40. The quantitative estimate of drug-likeness (QED) is 0.771. The molecule has 0 saturated heterocycles. The van der Waals surface area contributed by atoms with Crippen molar-refractivity contribution in [2.45, 2.75) is 19.8 Å². The Labute approximate surface area is 89.7 Å². The number of esters is 1. The minimum absolute atomic E-state index is 0.0976. The smallest absolute Gasteiger partial charge is 0.308 e. The summed E-state index contributed by atoms with van der Waals surface area (Å²) in [5.74, 6) is -0.0324. The van der Waals surface area contributed by atoms with Crippen LogP contribution < -0.4 is 0 Å². The van der Waals surface area contributed by atoms with Gasteiger partial charge in [0.1, 0.15) is 5.75 Å². The predicted octanol–water partition coefficient (Wildman–Crippen LogP) is 2.13. The van der Waals surface area contributed by atoms with Crippen LogP contribution in [0.4, 0.5) is 0 Å². The summed E-state index contributed by atoms with van der Waals surface area (Å²) in [5, 5.41) is 9.11. The Morgan fingerprint density at radius 2 is 2.00 bits per heavy atom. The number of carbonyl (C=O) groups excluding carboxylic acids is 1. The summed E-state index contributed by atoms with van der Waals surface area (Å²) in [6.07, 6.45) is 1.41. The van der Waals surface area contributed by atoms with Crippen LogP contribution in [-0.4, -0.2) is 18.2 Å². The first kappa shape index (κ1) is 11.6. The number of carbonyl (C=O) groups is 1. The number of aromatic hydroxyl groups is 1. The summed E-state index contributed by atoms with van der Waals surface area (Å²) in [6.45, 7) is 1.96. The van der Waals surface area contributed by atoms with Crippen molar-refractivity contribution < 1.29 is 14.6 Å². The van der Waals surface area contributed by atoms with Crippen LogP contribution >= 0.6 is 0 Å². The first-order chi connectivity index (χ1) is 7.17. The lowest BCUT2D eigenvalue weighted by atomic mass is 9.97. The lowest BCUT2D eigenvalue weighted by Crippen LogP contribution is -2.17. The van der Waals surface area contributed by atoms with E-state index in [0.717, 1.165) is 12.0 Å². The van der Waals surface area contributed by atoms with Crippen LogP contribution in [0.3, 0.4) is 0 Å². The molecule has 0 aliphatic carbocycles. The molecule has 0 aromatic heterocycles. The molecule has 1 aromatic rings. The van der Waals surface area contributed by atoms with Crippen molar-refractivity contribution in [1.29, 1.82) is 0 Å². The Morgan fingerprint density at radius 3 is 2.47 bits per heavy atom. The van der Waals surface area contributed by atoms with Crippen molar-refractivity contribution >= 4 is 5.97 Å². The van der Waals surface area contributed by atoms with E-state index in [1.54, 1.807) is 12.1 Å². The van der Waals surface area contributed by atoms with Crippen molar-refractivity contribution in [3.63, 3.8) is 0 Å². The van der Waals surface area contributed by atoms with Crippen LogP contribution in [-0.2, 0) is 16.0 Å². The van der Waals surface area contributed by atoms with Crippen LogP contribution in [0.25, 0.3) is 0 Å². The molecular weight excluding hydrogens is 192 g/mol. The number of methoxy groups -OCH3 is 1. The monoisotopic (exact) mass is 208 g/mol. The molecular formula is C12H16O3.